The number of amidine groups is 1. The SMILES string of the molecule is C=[N+]1C=C(C2CC2)C=C(N2CCC(N(C)C)C2)/C1=N/C(C)CNc1ccnc(NC(=O)[C@H]2C[C@@H]2c2cccc(Cl)c2)c1. The number of likely N-dealkylation sites (tertiary alicyclic amines) is 1. The summed E-state index contributed by atoms with van der Waals surface area (Å²) in [6, 6.07) is 12.1. The quantitative estimate of drug-likeness (QED) is 0.374. The number of anilines is 2. The molecule has 2 saturated carbocycles. The number of hydrogen-bond acceptors (Lipinski definition) is 6. The van der Waals surface area contributed by atoms with Gasteiger partial charge in [-0.2, -0.15) is 0 Å². The van der Waals surface area contributed by atoms with Gasteiger partial charge in [-0.3, -0.25) is 4.79 Å². The van der Waals surface area contributed by atoms with Gasteiger partial charge in [0.05, 0.1) is 19.5 Å². The Morgan fingerprint density at radius 2 is 2.10 bits per heavy atom. The van der Waals surface area contributed by atoms with Crippen LogP contribution in [0.5, 0.6) is 0 Å². The molecule has 220 valence electrons. The predicted octanol–water partition coefficient (Wildman–Crippen LogP) is 5.22. The number of pyridine rings is 1. The second-order valence-corrected chi connectivity index (χ2v) is 12.8. The van der Waals surface area contributed by atoms with Gasteiger partial charge in [0.2, 0.25) is 5.91 Å². The van der Waals surface area contributed by atoms with Crippen LogP contribution in [0.2, 0.25) is 5.02 Å². The smallest absolute Gasteiger partial charge is 0.345 e. The van der Waals surface area contributed by atoms with Crippen LogP contribution in [0.15, 0.2) is 71.1 Å². The van der Waals surface area contributed by atoms with Crippen LogP contribution in [0, 0.1) is 11.8 Å². The average Bonchev–Trinajstić information content (AvgIpc) is 3.90. The maximum atomic E-state index is 12.9. The van der Waals surface area contributed by atoms with Crippen molar-refractivity contribution in [3.63, 3.8) is 0 Å². The fourth-order valence-corrected chi connectivity index (χ4v) is 6.18. The van der Waals surface area contributed by atoms with Crippen LogP contribution < -0.4 is 10.6 Å². The lowest BCUT2D eigenvalue weighted by molar-refractivity contribution is -0.317. The summed E-state index contributed by atoms with van der Waals surface area (Å²) in [5, 5.41) is 7.18. The predicted molar refractivity (Wildman–Crippen MR) is 170 cm³/mol. The van der Waals surface area contributed by atoms with E-state index in [9.17, 15) is 4.79 Å². The van der Waals surface area contributed by atoms with E-state index in [2.05, 4.69) is 65.4 Å². The molecular weight excluding hydrogens is 546 g/mol. The van der Waals surface area contributed by atoms with E-state index in [1.54, 1.807) is 6.20 Å². The molecule has 0 bridgehead atoms. The van der Waals surface area contributed by atoms with Crippen LogP contribution in [0.3, 0.4) is 0 Å². The minimum Gasteiger partial charge on any atom is -0.380 e. The first-order valence-electron chi connectivity index (χ1n) is 15.0. The Hall–Kier alpha value is -3.49. The van der Waals surface area contributed by atoms with E-state index < -0.39 is 0 Å². The normalized spacial score (nSPS) is 25.4. The summed E-state index contributed by atoms with van der Waals surface area (Å²) < 4.78 is 1.97. The lowest BCUT2D eigenvalue weighted by Crippen LogP contribution is -2.36. The number of halogens is 1. The molecule has 0 spiro atoms. The zero-order valence-electron chi connectivity index (χ0n) is 24.8. The maximum absolute atomic E-state index is 12.9. The molecule has 1 aromatic heterocycles. The zero-order chi connectivity index (χ0) is 29.4. The fraction of sp³-hybridized carbons (Fsp3) is 0.455. The summed E-state index contributed by atoms with van der Waals surface area (Å²) in [4.78, 5) is 27.2. The minimum absolute atomic E-state index is 0.00594. The standard InChI is InChI=1S/C33H40ClN7O/c1-21(37-32-30(41-13-11-27(20-41)39(2)3)15-24(19-40(32)4)22-8-9-22)18-36-26-10-12-35-31(16-26)38-33(42)29-17-28(29)23-6-5-7-25(34)14-23/h5-7,10,12,14-16,19,21-22,27-29H,4,8-9,11,13,17-18,20H2,1-3H3,(H-,35,36,38,42)/p+1/b37-32-/t21?,27?,28-,29+/m1/s1. The third-order valence-electron chi connectivity index (χ3n) is 8.75. The summed E-state index contributed by atoms with van der Waals surface area (Å²) in [6.07, 6.45) is 10.7. The third kappa shape index (κ3) is 6.60. The van der Waals surface area contributed by atoms with Crippen LogP contribution in [-0.4, -0.2) is 83.6 Å². The number of aliphatic imine (C=N–C) groups is 1. The van der Waals surface area contributed by atoms with Gasteiger partial charge in [0.1, 0.15) is 11.5 Å². The maximum Gasteiger partial charge on any atom is 0.345 e. The second-order valence-electron chi connectivity index (χ2n) is 12.4. The van der Waals surface area contributed by atoms with Gasteiger partial charge in [-0.15, -0.1) is 0 Å². The molecule has 2 aliphatic heterocycles. The van der Waals surface area contributed by atoms with E-state index in [1.165, 1.54) is 24.1 Å². The largest absolute Gasteiger partial charge is 0.380 e. The van der Waals surface area contributed by atoms with Gasteiger partial charge in [0, 0.05) is 48.0 Å². The highest BCUT2D eigenvalue weighted by molar-refractivity contribution is 6.30. The molecule has 2 unspecified atom stereocenters. The third-order valence-corrected chi connectivity index (χ3v) is 8.99. The molecule has 1 amide bonds. The first-order chi connectivity index (χ1) is 20.2. The van der Waals surface area contributed by atoms with Gasteiger partial charge in [0.15, 0.2) is 6.04 Å². The van der Waals surface area contributed by atoms with Gasteiger partial charge in [0.25, 0.3) is 0 Å². The first kappa shape index (κ1) is 28.6. The molecule has 2 N–H and O–H groups in total. The Bertz CT molecular complexity index is 1460. The number of rotatable bonds is 10. The molecule has 0 radical (unpaired) electrons. The lowest BCUT2D eigenvalue weighted by Gasteiger charge is -2.25. The van der Waals surface area contributed by atoms with Gasteiger partial charge in [-0.25, -0.2) is 9.56 Å². The number of likely N-dealkylation sites (N-methyl/N-ethyl adjacent to an activating group) is 1. The highest BCUT2D eigenvalue weighted by atomic mass is 35.5. The molecule has 4 aliphatic rings. The topological polar surface area (TPSA) is 75.9 Å². The van der Waals surface area contributed by atoms with E-state index >= 15 is 0 Å². The van der Waals surface area contributed by atoms with E-state index in [-0.39, 0.29) is 23.8 Å². The van der Waals surface area contributed by atoms with Crippen molar-refractivity contribution >= 4 is 41.6 Å². The van der Waals surface area contributed by atoms with Crippen molar-refractivity contribution < 1.29 is 9.37 Å². The molecule has 42 heavy (non-hydrogen) atoms. The number of amides is 1. The van der Waals surface area contributed by atoms with Crippen LogP contribution in [0.25, 0.3) is 0 Å². The number of aromatic nitrogens is 1. The van der Waals surface area contributed by atoms with Gasteiger partial charge >= 0.3 is 5.84 Å². The fourth-order valence-electron chi connectivity index (χ4n) is 5.98. The Balaban J connectivity index is 1.08. The molecule has 4 atom stereocenters. The van der Waals surface area contributed by atoms with Gasteiger partial charge in [-0.1, -0.05) is 28.7 Å². The number of nitrogens with zero attached hydrogens (tertiary/aromatic N) is 5. The molecule has 1 aromatic carbocycles. The molecule has 3 fully saturated rings. The molecule has 9 heteroatoms. The molecule has 2 aromatic rings. The summed E-state index contributed by atoms with van der Waals surface area (Å²) >= 11 is 6.14. The van der Waals surface area contributed by atoms with Gasteiger partial charge < -0.3 is 20.4 Å². The van der Waals surface area contributed by atoms with Crippen molar-refractivity contribution in [3.8, 4) is 0 Å². The second kappa shape index (κ2) is 12.0. The number of carbonyl (C=O) groups is 1. The van der Waals surface area contributed by atoms with E-state index in [1.807, 2.05) is 41.0 Å². The van der Waals surface area contributed by atoms with Crippen molar-refractivity contribution in [2.24, 2.45) is 16.8 Å². The van der Waals surface area contributed by atoms with Crippen molar-refractivity contribution in [2.45, 2.75) is 50.6 Å². The Morgan fingerprint density at radius 1 is 1.26 bits per heavy atom. The summed E-state index contributed by atoms with van der Waals surface area (Å²) in [6.45, 7) is 9.13. The summed E-state index contributed by atoms with van der Waals surface area (Å²) in [7, 11) is 4.32. The van der Waals surface area contributed by atoms with Crippen molar-refractivity contribution in [3.05, 3.63) is 76.7 Å². The highest BCUT2D eigenvalue weighted by Crippen LogP contribution is 2.48. The Labute approximate surface area is 253 Å². The molecular formula is C33H41ClN7O+. The number of allylic oxidation sites excluding steroid dienone is 2. The van der Waals surface area contributed by atoms with E-state index in [4.69, 9.17) is 16.6 Å². The Morgan fingerprint density at radius 3 is 2.83 bits per heavy atom. The average molecular weight is 587 g/mol. The highest BCUT2D eigenvalue weighted by Gasteiger charge is 2.44. The van der Waals surface area contributed by atoms with Crippen LogP contribution in [-0.2, 0) is 4.79 Å². The molecule has 3 heterocycles. The van der Waals surface area contributed by atoms with Gasteiger partial charge in [-0.05, 0) is 93.9 Å². The lowest BCUT2D eigenvalue weighted by atomic mass is 10.1. The van der Waals surface area contributed by atoms with Crippen LogP contribution >= 0.6 is 11.6 Å². The minimum atomic E-state index is -0.0563. The van der Waals surface area contributed by atoms with Crippen molar-refractivity contribution in [2.75, 3.05) is 44.4 Å². The zero-order valence-corrected chi connectivity index (χ0v) is 25.5. The number of hydrogen-bond donors (Lipinski definition) is 2. The van der Waals surface area contributed by atoms with E-state index in [0.717, 1.165) is 43.0 Å². The van der Waals surface area contributed by atoms with Crippen molar-refractivity contribution in [1.82, 2.24) is 14.8 Å². The molecule has 6 rings (SSSR count). The number of nitrogens with one attached hydrogen (secondary N) is 2. The van der Waals surface area contributed by atoms with Crippen molar-refractivity contribution in [1.29, 1.82) is 0 Å². The monoisotopic (exact) mass is 586 g/mol. The Kier molecular flexibility index (Phi) is 8.19. The molecule has 8 nitrogen and oxygen atoms in total. The van der Waals surface area contributed by atoms with Crippen LogP contribution in [0.4, 0.5) is 11.5 Å². The number of carbonyl (C=O) groups excluding carboxylic acids is 1. The molecule has 2 aliphatic carbocycles. The van der Waals surface area contributed by atoms with Crippen LogP contribution in [0.1, 0.15) is 44.1 Å². The summed E-state index contributed by atoms with van der Waals surface area (Å²) in [5.74, 6) is 2.27. The summed E-state index contributed by atoms with van der Waals surface area (Å²) in [5.41, 5.74) is 4.56. The number of benzene rings is 1. The first-order valence-corrected chi connectivity index (χ1v) is 15.4. The van der Waals surface area contributed by atoms with E-state index in [0.29, 0.717) is 29.3 Å². The molecule has 1 saturated heterocycles.